The van der Waals surface area contributed by atoms with Gasteiger partial charge in [0.1, 0.15) is 11.7 Å². The van der Waals surface area contributed by atoms with Crippen molar-refractivity contribution in [2.24, 2.45) is 5.41 Å². The molecule has 0 saturated heterocycles. The first kappa shape index (κ1) is 16.5. The summed E-state index contributed by atoms with van der Waals surface area (Å²) in [6.07, 6.45) is 4.04. The highest BCUT2D eigenvalue weighted by Crippen LogP contribution is 2.19. The molecule has 0 bridgehead atoms. The minimum atomic E-state index is -1.13. The number of hydrogen-bond donors (Lipinski definition) is 3. The molecule has 114 valence electrons. The number of carbonyl (C=O) groups is 3. The Hall–Kier alpha value is -2.51. The topological polar surface area (TPSA) is 121 Å². The molecule has 1 aromatic heterocycles. The van der Waals surface area contributed by atoms with Crippen molar-refractivity contribution in [3.8, 4) is 0 Å². The zero-order chi connectivity index (χ0) is 16.0. The number of aromatic nitrogens is 2. The van der Waals surface area contributed by atoms with Crippen molar-refractivity contribution in [1.29, 1.82) is 0 Å². The Kier molecular flexibility index (Phi) is 5.34. The van der Waals surface area contributed by atoms with Crippen molar-refractivity contribution in [3.63, 3.8) is 0 Å². The maximum absolute atomic E-state index is 11.7. The average molecular weight is 294 g/mol. The average Bonchev–Trinajstić information content (AvgIpc) is 2.41. The molecule has 0 radical (unpaired) electrons. The van der Waals surface area contributed by atoms with Gasteiger partial charge < -0.3 is 15.7 Å². The maximum Gasteiger partial charge on any atom is 0.326 e. The highest BCUT2D eigenvalue weighted by molar-refractivity contribution is 5.95. The molecule has 1 unspecified atom stereocenters. The molecule has 0 fully saturated rings. The molecule has 1 aromatic rings. The molecule has 0 spiro atoms. The van der Waals surface area contributed by atoms with Gasteiger partial charge in [-0.15, -0.1) is 0 Å². The van der Waals surface area contributed by atoms with Crippen molar-refractivity contribution in [1.82, 2.24) is 20.6 Å². The molecule has 0 aliphatic carbocycles. The zero-order valence-corrected chi connectivity index (χ0v) is 12.1. The summed E-state index contributed by atoms with van der Waals surface area (Å²) in [6, 6.07) is -1.04. The first-order chi connectivity index (χ1) is 9.71. The van der Waals surface area contributed by atoms with Crippen LogP contribution < -0.4 is 10.6 Å². The number of carboxylic acids is 1. The van der Waals surface area contributed by atoms with E-state index >= 15 is 0 Å². The fraction of sp³-hybridized carbons (Fsp3) is 0.462. The van der Waals surface area contributed by atoms with Crippen LogP contribution in [0.25, 0.3) is 0 Å². The Morgan fingerprint density at radius 1 is 1.29 bits per heavy atom. The number of rotatable bonds is 5. The van der Waals surface area contributed by atoms with E-state index in [2.05, 4.69) is 20.6 Å². The van der Waals surface area contributed by atoms with Gasteiger partial charge in [-0.2, -0.15) is 0 Å². The van der Waals surface area contributed by atoms with E-state index in [0.717, 1.165) is 0 Å². The molecular formula is C13H18N4O4. The molecule has 0 saturated carbocycles. The van der Waals surface area contributed by atoms with E-state index in [-0.39, 0.29) is 12.2 Å². The molecule has 1 heterocycles. The molecular weight excluding hydrogens is 276 g/mol. The van der Waals surface area contributed by atoms with Crippen LogP contribution in [-0.2, 0) is 9.59 Å². The van der Waals surface area contributed by atoms with Gasteiger partial charge >= 0.3 is 5.97 Å². The van der Waals surface area contributed by atoms with Crippen LogP contribution >= 0.6 is 0 Å². The second-order valence-electron chi connectivity index (χ2n) is 5.48. The number of carbonyl (C=O) groups excluding carboxylic acids is 2. The Balaban J connectivity index is 2.54. The minimum absolute atomic E-state index is 0.0795. The summed E-state index contributed by atoms with van der Waals surface area (Å²) in [5.74, 6) is -2.27. The summed E-state index contributed by atoms with van der Waals surface area (Å²) in [4.78, 5) is 42.0. The molecule has 21 heavy (non-hydrogen) atoms. The van der Waals surface area contributed by atoms with E-state index in [1.807, 2.05) is 0 Å². The van der Waals surface area contributed by atoms with Crippen LogP contribution in [0.15, 0.2) is 18.6 Å². The normalized spacial score (nSPS) is 12.3. The van der Waals surface area contributed by atoms with Crippen LogP contribution in [0.3, 0.4) is 0 Å². The van der Waals surface area contributed by atoms with E-state index in [0.29, 0.717) is 0 Å². The lowest BCUT2D eigenvalue weighted by Crippen LogP contribution is -2.51. The number of hydrogen-bond acceptors (Lipinski definition) is 5. The van der Waals surface area contributed by atoms with Gasteiger partial charge in [0, 0.05) is 12.4 Å². The number of aliphatic carboxylic acids is 1. The first-order valence-corrected chi connectivity index (χ1v) is 6.28. The second-order valence-corrected chi connectivity index (χ2v) is 5.48. The van der Waals surface area contributed by atoms with E-state index in [1.165, 1.54) is 18.6 Å². The van der Waals surface area contributed by atoms with Gasteiger partial charge in [0.2, 0.25) is 5.91 Å². The minimum Gasteiger partial charge on any atom is -0.480 e. The van der Waals surface area contributed by atoms with E-state index in [4.69, 9.17) is 5.11 Å². The van der Waals surface area contributed by atoms with Gasteiger partial charge in [0.25, 0.3) is 5.91 Å². The summed E-state index contributed by atoms with van der Waals surface area (Å²) in [5, 5.41) is 13.8. The standard InChI is InChI=1S/C13H18N4O4/c1-13(2,3)10(12(20)21)17-9(18)7-16-11(19)8-6-14-4-5-15-8/h4-6,10H,7H2,1-3H3,(H,16,19)(H,17,18)(H,20,21). The van der Waals surface area contributed by atoms with E-state index < -0.39 is 29.2 Å². The lowest BCUT2D eigenvalue weighted by Gasteiger charge is -2.27. The van der Waals surface area contributed by atoms with Gasteiger partial charge in [-0.25, -0.2) is 9.78 Å². The SMILES string of the molecule is CC(C)(C)C(NC(=O)CNC(=O)c1cnccn1)C(=O)O. The van der Waals surface area contributed by atoms with Gasteiger partial charge in [-0.05, 0) is 5.41 Å². The van der Waals surface area contributed by atoms with E-state index in [9.17, 15) is 14.4 Å². The second kappa shape index (κ2) is 6.78. The van der Waals surface area contributed by atoms with Crippen LogP contribution in [0.1, 0.15) is 31.3 Å². The third-order valence-corrected chi connectivity index (χ3v) is 2.62. The molecule has 3 N–H and O–H groups in total. The largest absolute Gasteiger partial charge is 0.480 e. The molecule has 8 heteroatoms. The Morgan fingerprint density at radius 2 is 1.95 bits per heavy atom. The van der Waals surface area contributed by atoms with Crippen LogP contribution in [0, 0.1) is 5.41 Å². The number of carboxylic acid groups (broad SMARTS) is 1. The van der Waals surface area contributed by atoms with Gasteiger partial charge in [0.15, 0.2) is 0 Å². The zero-order valence-electron chi connectivity index (χ0n) is 12.1. The molecule has 8 nitrogen and oxygen atoms in total. The third-order valence-electron chi connectivity index (χ3n) is 2.62. The first-order valence-electron chi connectivity index (χ1n) is 6.28. The van der Waals surface area contributed by atoms with Crippen LogP contribution in [0.4, 0.5) is 0 Å². The van der Waals surface area contributed by atoms with Gasteiger partial charge in [0.05, 0.1) is 12.7 Å². The molecule has 0 aromatic carbocycles. The lowest BCUT2D eigenvalue weighted by atomic mass is 9.87. The van der Waals surface area contributed by atoms with Gasteiger partial charge in [-0.1, -0.05) is 20.8 Å². The van der Waals surface area contributed by atoms with Crippen LogP contribution in [-0.4, -0.2) is 45.4 Å². The lowest BCUT2D eigenvalue weighted by molar-refractivity contribution is -0.144. The van der Waals surface area contributed by atoms with Crippen molar-refractivity contribution in [2.75, 3.05) is 6.54 Å². The number of nitrogens with zero attached hydrogens (tertiary/aromatic N) is 2. The number of amides is 2. The van der Waals surface area contributed by atoms with Crippen molar-refractivity contribution >= 4 is 17.8 Å². The van der Waals surface area contributed by atoms with E-state index in [1.54, 1.807) is 20.8 Å². The summed E-state index contributed by atoms with van der Waals surface area (Å²) >= 11 is 0. The highest BCUT2D eigenvalue weighted by atomic mass is 16.4. The third kappa shape index (κ3) is 5.17. The Bertz CT molecular complexity index is 525. The molecule has 1 rings (SSSR count). The van der Waals surface area contributed by atoms with Gasteiger partial charge in [-0.3, -0.25) is 14.6 Å². The monoisotopic (exact) mass is 294 g/mol. The summed E-state index contributed by atoms with van der Waals surface area (Å²) in [5.41, 5.74) is -0.563. The number of nitrogens with one attached hydrogen (secondary N) is 2. The molecule has 0 aliphatic heterocycles. The smallest absolute Gasteiger partial charge is 0.326 e. The van der Waals surface area contributed by atoms with Crippen molar-refractivity contribution in [2.45, 2.75) is 26.8 Å². The van der Waals surface area contributed by atoms with Crippen molar-refractivity contribution in [3.05, 3.63) is 24.3 Å². The molecule has 2 amide bonds. The molecule has 1 atom stereocenters. The summed E-state index contributed by atoms with van der Waals surface area (Å²) in [6.45, 7) is 4.76. The van der Waals surface area contributed by atoms with Crippen LogP contribution in [0.2, 0.25) is 0 Å². The fourth-order valence-electron chi connectivity index (χ4n) is 1.53. The summed E-state index contributed by atoms with van der Waals surface area (Å²) in [7, 11) is 0. The van der Waals surface area contributed by atoms with Crippen molar-refractivity contribution < 1.29 is 19.5 Å². The fourth-order valence-corrected chi connectivity index (χ4v) is 1.53. The summed E-state index contributed by atoms with van der Waals surface area (Å²) < 4.78 is 0. The predicted octanol–water partition coefficient (Wildman–Crippen LogP) is -0.178. The predicted molar refractivity (Wildman–Crippen MR) is 73.4 cm³/mol. The maximum atomic E-state index is 11.7. The quantitative estimate of drug-likeness (QED) is 0.692. The Morgan fingerprint density at radius 3 is 2.43 bits per heavy atom. The highest BCUT2D eigenvalue weighted by Gasteiger charge is 2.32. The van der Waals surface area contributed by atoms with Crippen LogP contribution in [0.5, 0.6) is 0 Å². The molecule has 0 aliphatic rings. The Labute approximate surface area is 122 Å².